The summed E-state index contributed by atoms with van der Waals surface area (Å²) in [4.78, 5) is 0. The molecule has 0 amide bonds. The second-order valence-electron chi connectivity index (χ2n) is 3.07. The van der Waals surface area contributed by atoms with Crippen molar-refractivity contribution in [3.05, 3.63) is 0 Å². The van der Waals surface area contributed by atoms with E-state index in [1.54, 1.807) is 0 Å². The lowest BCUT2D eigenvalue weighted by Gasteiger charge is -2.27. The first-order chi connectivity index (χ1) is 7.51. The number of hydrogen-bond acceptors (Lipinski definition) is 6. The average molecular weight is 208 g/mol. The van der Waals surface area contributed by atoms with Crippen LogP contribution in [0, 0.1) is 84.7 Å². The molecule has 0 fully saturated rings. The monoisotopic (exact) mass is 208 g/mol. The van der Waals surface area contributed by atoms with E-state index in [9.17, 15) is 0 Å². The molecule has 0 saturated heterocycles. The topological polar surface area (TPSA) is 143 Å². The van der Waals surface area contributed by atoms with E-state index in [4.69, 9.17) is 31.6 Å². The highest BCUT2D eigenvalue weighted by molar-refractivity contribution is 5.39. The molecule has 0 bridgehead atoms. The smallest absolute Gasteiger partial charge is 0.197 e. The van der Waals surface area contributed by atoms with Crippen molar-refractivity contribution in [1.82, 2.24) is 0 Å². The fourth-order valence-corrected chi connectivity index (χ4v) is 1.09. The Hall–Kier alpha value is -3.06. The molecule has 0 aliphatic heterocycles. The van der Waals surface area contributed by atoms with Crippen LogP contribution in [0.1, 0.15) is 6.92 Å². The normalized spacial score (nSPS) is 9.75. The van der Waals surface area contributed by atoms with Gasteiger partial charge >= 0.3 is 0 Å². The van der Waals surface area contributed by atoms with Crippen LogP contribution in [0.25, 0.3) is 0 Å². The lowest BCUT2D eigenvalue weighted by molar-refractivity contribution is 0.288. The summed E-state index contributed by atoms with van der Waals surface area (Å²) in [6.07, 6.45) is 0. The first-order valence-electron chi connectivity index (χ1n) is 3.96. The van der Waals surface area contributed by atoms with Crippen LogP contribution in [0.5, 0.6) is 0 Å². The van der Waals surface area contributed by atoms with Gasteiger partial charge in [-0.1, -0.05) is 0 Å². The van der Waals surface area contributed by atoms with E-state index in [-0.39, 0.29) is 0 Å². The molecule has 0 aliphatic rings. The molecule has 0 aromatic carbocycles. The lowest BCUT2D eigenvalue weighted by Crippen LogP contribution is -2.41. The van der Waals surface area contributed by atoms with Crippen LogP contribution < -0.4 is 0 Å². The van der Waals surface area contributed by atoms with Gasteiger partial charge in [0.25, 0.3) is 0 Å². The van der Waals surface area contributed by atoms with Crippen LogP contribution in [-0.4, -0.2) is 0 Å². The van der Waals surface area contributed by atoms with E-state index >= 15 is 0 Å². The minimum absolute atomic E-state index is 1.06. The first-order valence-corrected chi connectivity index (χ1v) is 3.96. The minimum atomic E-state index is -2.28. The van der Waals surface area contributed by atoms with Gasteiger partial charge in [0.1, 0.15) is 0 Å². The van der Waals surface area contributed by atoms with Gasteiger partial charge in [0.2, 0.25) is 5.41 Å². The van der Waals surface area contributed by atoms with E-state index in [1.807, 2.05) is 0 Å². The molecule has 0 aliphatic carbocycles. The van der Waals surface area contributed by atoms with Gasteiger partial charge in [0.15, 0.2) is 11.3 Å². The third-order valence-corrected chi connectivity index (χ3v) is 2.28. The van der Waals surface area contributed by atoms with Crippen LogP contribution in [0.3, 0.4) is 0 Å². The SMILES string of the molecule is CC(C#N)(C#N)C(C#N)(C#N)C(C#N)C#N. The second kappa shape index (κ2) is 4.44. The Bertz CT molecular complexity index is 491. The van der Waals surface area contributed by atoms with Gasteiger partial charge in [-0.15, -0.1) is 0 Å². The van der Waals surface area contributed by atoms with E-state index in [0.29, 0.717) is 0 Å². The summed E-state index contributed by atoms with van der Waals surface area (Å²) in [5, 5.41) is 52.9. The van der Waals surface area contributed by atoms with Gasteiger partial charge in [0.05, 0.1) is 36.4 Å². The van der Waals surface area contributed by atoms with Crippen LogP contribution in [0.4, 0.5) is 0 Å². The zero-order valence-corrected chi connectivity index (χ0v) is 8.26. The van der Waals surface area contributed by atoms with Crippen LogP contribution >= 0.6 is 0 Å². The molecule has 0 radical (unpaired) electrons. The molecule has 6 heteroatoms. The summed E-state index contributed by atoms with van der Waals surface area (Å²) >= 11 is 0. The molecule has 6 nitrogen and oxygen atoms in total. The standard InChI is InChI=1S/C10H4N6/c1-9(4-13,5-14)10(6-15,7-16)8(2-11)3-12/h8H,1H3. The van der Waals surface area contributed by atoms with E-state index in [1.165, 1.54) is 36.4 Å². The van der Waals surface area contributed by atoms with E-state index < -0.39 is 16.7 Å². The molecule has 0 rings (SSSR count). The van der Waals surface area contributed by atoms with Gasteiger partial charge < -0.3 is 0 Å². The molecule has 0 spiro atoms. The summed E-state index contributed by atoms with van der Waals surface area (Å²) in [6, 6.07) is 8.86. The Morgan fingerprint density at radius 2 is 1.12 bits per heavy atom. The quantitative estimate of drug-likeness (QED) is 0.654. The highest BCUT2D eigenvalue weighted by Gasteiger charge is 2.57. The fraction of sp³-hybridized carbons (Fsp3) is 0.400. The van der Waals surface area contributed by atoms with Crippen molar-refractivity contribution < 1.29 is 0 Å². The first kappa shape index (κ1) is 12.9. The maximum absolute atomic E-state index is 8.93. The molecule has 0 aromatic heterocycles. The molecule has 0 saturated carbocycles. The summed E-state index contributed by atoms with van der Waals surface area (Å²) < 4.78 is 0. The van der Waals surface area contributed by atoms with Crippen molar-refractivity contribution in [2.45, 2.75) is 6.92 Å². The Morgan fingerprint density at radius 3 is 1.31 bits per heavy atom. The highest BCUT2D eigenvalue weighted by Crippen LogP contribution is 2.43. The van der Waals surface area contributed by atoms with Crippen molar-refractivity contribution in [3.63, 3.8) is 0 Å². The van der Waals surface area contributed by atoms with E-state index in [0.717, 1.165) is 6.92 Å². The lowest BCUT2D eigenvalue weighted by atomic mass is 9.61. The molecule has 0 heterocycles. The van der Waals surface area contributed by atoms with Gasteiger partial charge in [0, 0.05) is 0 Å². The maximum Gasteiger partial charge on any atom is 0.203 e. The summed E-state index contributed by atoms with van der Waals surface area (Å²) in [7, 11) is 0. The predicted molar refractivity (Wildman–Crippen MR) is 47.7 cm³/mol. The minimum Gasteiger partial charge on any atom is -0.197 e. The van der Waals surface area contributed by atoms with Crippen molar-refractivity contribution in [2.24, 2.45) is 16.7 Å². The summed E-state index contributed by atoms with van der Waals surface area (Å²) in [6.45, 7) is 1.06. The third kappa shape index (κ3) is 1.38. The van der Waals surface area contributed by atoms with Gasteiger partial charge in [-0.3, -0.25) is 0 Å². The summed E-state index contributed by atoms with van der Waals surface area (Å²) in [5.41, 5.74) is -4.31. The Labute approximate surface area is 92.4 Å². The van der Waals surface area contributed by atoms with Gasteiger partial charge in [-0.25, -0.2) is 0 Å². The molecule has 74 valence electrons. The van der Waals surface area contributed by atoms with Crippen LogP contribution in [-0.2, 0) is 0 Å². The number of hydrogen-bond donors (Lipinski definition) is 0. The number of rotatable bonds is 2. The fourth-order valence-electron chi connectivity index (χ4n) is 1.09. The molecule has 0 unspecified atom stereocenters. The maximum atomic E-state index is 8.93. The zero-order valence-electron chi connectivity index (χ0n) is 8.26. The van der Waals surface area contributed by atoms with Crippen molar-refractivity contribution in [3.8, 4) is 36.4 Å². The number of nitriles is 6. The van der Waals surface area contributed by atoms with Gasteiger partial charge in [-0.2, -0.15) is 31.6 Å². The Balaban J connectivity index is 6.14. The van der Waals surface area contributed by atoms with Gasteiger partial charge in [-0.05, 0) is 6.92 Å². The van der Waals surface area contributed by atoms with Crippen molar-refractivity contribution in [1.29, 1.82) is 31.6 Å². The Kier molecular flexibility index (Phi) is 3.59. The average Bonchev–Trinajstić information content (AvgIpc) is 2.35. The Morgan fingerprint density at radius 1 is 0.750 bits per heavy atom. The predicted octanol–water partition coefficient (Wildman–Crippen LogP) is 0.737. The highest BCUT2D eigenvalue weighted by atomic mass is 14.6. The molecular formula is C10H4N6. The largest absolute Gasteiger partial charge is 0.203 e. The number of nitrogens with zero attached hydrogens (tertiary/aromatic N) is 6. The molecule has 0 N–H and O–H groups in total. The molecule has 16 heavy (non-hydrogen) atoms. The zero-order chi connectivity index (χ0) is 12.8. The third-order valence-electron chi connectivity index (χ3n) is 2.28. The van der Waals surface area contributed by atoms with Crippen molar-refractivity contribution in [2.75, 3.05) is 0 Å². The molecular weight excluding hydrogens is 204 g/mol. The molecule has 0 atom stereocenters. The second-order valence-corrected chi connectivity index (χ2v) is 3.07. The molecule has 0 aromatic rings. The summed E-state index contributed by atoms with van der Waals surface area (Å²) in [5.74, 6) is -1.66. The van der Waals surface area contributed by atoms with Crippen LogP contribution in [0.15, 0.2) is 0 Å². The van der Waals surface area contributed by atoms with Crippen molar-refractivity contribution >= 4 is 0 Å². The van der Waals surface area contributed by atoms with Crippen LogP contribution in [0.2, 0.25) is 0 Å². The van der Waals surface area contributed by atoms with E-state index in [2.05, 4.69) is 0 Å².